The van der Waals surface area contributed by atoms with Crippen LogP contribution in [0.5, 0.6) is 0 Å². The predicted octanol–water partition coefficient (Wildman–Crippen LogP) is 3.51. The third-order valence-corrected chi connectivity index (χ3v) is 4.05. The molecular weight excluding hydrogens is 316 g/mol. The molecule has 1 aromatic heterocycles. The van der Waals surface area contributed by atoms with Gasteiger partial charge in [0.15, 0.2) is 5.11 Å². The molecule has 0 amide bonds. The van der Waals surface area contributed by atoms with Gasteiger partial charge in [0.1, 0.15) is 0 Å². The second kappa shape index (κ2) is 6.34. The molecule has 4 nitrogen and oxygen atoms in total. The van der Waals surface area contributed by atoms with Crippen molar-refractivity contribution in [2.75, 3.05) is 11.4 Å². The molecule has 3 rings (SSSR count). The Morgan fingerprint density at radius 2 is 1.91 bits per heavy atom. The van der Waals surface area contributed by atoms with E-state index in [2.05, 4.69) is 9.97 Å². The highest BCUT2D eigenvalue weighted by atomic mass is 35.5. The number of aromatic amines is 1. The number of rotatable bonds is 4. The van der Waals surface area contributed by atoms with Crippen LogP contribution in [0.15, 0.2) is 48.5 Å². The molecule has 0 aliphatic heterocycles. The molecule has 0 fully saturated rings. The summed E-state index contributed by atoms with van der Waals surface area (Å²) in [4.78, 5) is 9.57. The summed E-state index contributed by atoms with van der Waals surface area (Å²) < 4.78 is 0. The van der Waals surface area contributed by atoms with Crippen LogP contribution in [0, 0.1) is 0 Å². The van der Waals surface area contributed by atoms with E-state index in [0.29, 0.717) is 12.5 Å². The number of halogens is 1. The van der Waals surface area contributed by atoms with Crippen LogP contribution >= 0.6 is 23.8 Å². The predicted molar refractivity (Wildman–Crippen MR) is 95.4 cm³/mol. The van der Waals surface area contributed by atoms with Gasteiger partial charge in [-0.1, -0.05) is 41.9 Å². The van der Waals surface area contributed by atoms with Crippen LogP contribution in [-0.4, -0.2) is 21.6 Å². The van der Waals surface area contributed by atoms with Crippen molar-refractivity contribution in [3.05, 3.63) is 59.1 Å². The van der Waals surface area contributed by atoms with Crippen LogP contribution in [0.3, 0.4) is 0 Å². The number of anilines is 1. The highest BCUT2D eigenvalue weighted by molar-refractivity contribution is 7.80. The van der Waals surface area contributed by atoms with E-state index in [4.69, 9.17) is 29.6 Å². The molecule has 3 aromatic rings. The van der Waals surface area contributed by atoms with Gasteiger partial charge >= 0.3 is 0 Å². The molecule has 3 N–H and O–H groups in total. The van der Waals surface area contributed by atoms with Crippen LogP contribution in [0.2, 0.25) is 5.02 Å². The summed E-state index contributed by atoms with van der Waals surface area (Å²) in [6, 6.07) is 15.6. The van der Waals surface area contributed by atoms with E-state index >= 15 is 0 Å². The van der Waals surface area contributed by atoms with Crippen LogP contribution in [0.25, 0.3) is 11.0 Å². The standard InChI is InChI=1S/C16H15ClN4S/c17-12-6-2-1-5-11(12)9-10-21(15(18)22)16-19-13-7-3-4-8-14(13)20-16/h1-8H,9-10H2,(H2,18,22)(H,19,20). The van der Waals surface area contributed by atoms with Crippen molar-refractivity contribution in [3.63, 3.8) is 0 Å². The highest BCUT2D eigenvalue weighted by Gasteiger charge is 2.14. The van der Waals surface area contributed by atoms with Gasteiger partial charge in [-0.3, -0.25) is 4.90 Å². The summed E-state index contributed by atoms with van der Waals surface area (Å²) in [5, 5.41) is 1.03. The van der Waals surface area contributed by atoms with Crippen LogP contribution < -0.4 is 10.6 Å². The van der Waals surface area contributed by atoms with Gasteiger partial charge in [-0.2, -0.15) is 0 Å². The Balaban J connectivity index is 1.84. The average Bonchev–Trinajstić information content (AvgIpc) is 2.92. The first-order chi connectivity index (χ1) is 10.6. The Bertz CT molecular complexity index is 782. The molecule has 0 aliphatic carbocycles. The number of hydrogen-bond donors (Lipinski definition) is 2. The molecule has 0 atom stereocenters. The van der Waals surface area contributed by atoms with Crippen molar-refractivity contribution >= 4 is 45.9 Å². The average molecular weight is 331 g/mol. The zero-order chi connectivity index (χ0) is 15.5. The molecule has 22 heavy (non-hydrogen) atoms. The van der Waals surface area contributed by atoms with E-state index in [1.54, 1.807) is 4.90 Å². The lowest BCUT2D eigenvalue weighted by molar-refractivity contribution is 0.910. The molecule has 112 valence electrons. The SMILES string of the molecule is NC(=S)N(CCc1ccccc1Cl)c1nc2ccccc2[nH]1. The van der Waals surface area contributed by atoms with Crippen molar-refractivity contribution < 1.29 is 0 Å². The van der Waals surface area contributed by atoms with Crippen molar-refractivity contribution in [1.29, 1.82) is 0 Å². The van der Waals surface area contributed by atoms with Gasteiger partial charge in [-0.05, 0) is 42.4 Å². The van der Waals surface area contributed by atoms with E-state index in [1.165, 1.54) is 0 Å². The minimum atomic E-state index is 0.283. The number of nitrogens with two attached hydrogens (primary N) is 1. The zero-order valence-corrected chi connectivity index (χ0v) is 13.4. The van der Waals surface area contributed by atoms with Gasteiger partial charge < -0.3 is 10.7 Å². The Labute approximate surface area is 138 Å². The number of fused-ring (bicyclic) bond motifs is 1. The van der Waals surface area contributed by atoms with Crippen LogP contribution in [-0.2, 0) is 6.42 Å². The molecule has 0 bridgehead atoms. The van der Waals surface area contributed by atoms with E-state index < -0.39 is 0 Å². The number of thiocarbonyl (C=S) groups is 1. The Morgan fingerprint density at radius 3 is 2.64 bits per heavy atom. The van der Waals surface area contributed by atoms with Gasteiger partial charge in [0.05, 0.1) is 11.0 Å². The number of H-pyrrole nitrogens is 1. The quantitative estimate of drug-likeness (QED) is 0.719. The molecule has 0 aliphatic rings. The molecular formula is C16H15ClN4S. The lowest BCUT2D eigenvalue weighted by Crippen LogP contribution is -2.37. The normalized spacial score (nSPS) is 10.8. The number of aromatic nitrogens is 2. The summed E-state index contributed by atoms with van der Waals surface area (Å²) in [5.74, 6) is 0.653. The third kappa shape index (κ3) is 3.05. The van der Waals surface area contributed by atoms with Crippen LogP contribution in [0.1, 0.15) is 5.56 Å². The summed E-state index contributed by atoms with van der Waals surface area (Å²) >= 11 is 11.4. The largest absolute Gasteiger partial charge is 0.376 e. The molecule has 1 heterocycles. The van der Waals surface area contributed by atoms with Crippen molar-refractivity contribution in [1.82, 2.24) is 9.97 Å². The third-order valence-electron chi connectivity index (χ3n) is 3.46. The van der Waals surface area contributed by atoms with E-state index in [1.807, 2.05) is 48.5 Å². The smallest absolute Gasteiger partial charge is 0.210 e. The molecule has 0 radical (unpaired) electrons. The van der Waals surface area contributed by atoms with Gasteiger partial charge in [0.25, 0.3) is 0 Å². The van der Waals surface area contributed by atoms with Crippen molar-refractivity contribution in [2.45, 2.75) is 6.42 Å². The lowest BCUT2D eigenvalue weighted by Gasteiger charge is -2.20. The van der Waals surface area contributed by atoms with Gasteiger partial charge in [-0.15, -0.1) is 0 Å². The summed E-state index contributed by atoms with van der Waals surface area (Å²) in [6.07, 6.45) is 0.730. The minimum Gasteiger partial charge on any atom is -0.376 e. The second-order valence-electron chi connectivity index (χ2n) is 4.91. The van der Waals surface area contributed by atoms with Gasteiger partial charge in [-0.25, -0.2) is 4.98 Å². The van der Waals surface area contributed by atoms with Gasteiger partial charge in [0.2, 0.25) is 5.95 Å². The number of para-hydroxylation sites is 2. The molecule has 0 unspecified atom stereocenters. The fourth-order valence-corrected chi connectivity index (χ4v) is 2.73. The Morgan fingerprint density at radius 1 is 1.18 bits per heavy atom. The first-order valence-electron chi connectivity index (χ1n) is 6.90. The molecule has 0 saturated carbocycles. The maximum atomic E-state index is 6.19. The van der Waals surface area contributed by atoms with Crippen LogP contribution in [0.4, 0.5) is 5.95 Å². The first kappa shape index (κ1) is 14.8. The fourth-order valence-electron chi connectivity index (χ4n) is 2.32. The molecule has 0 spiro atoms. The zero-order valence-electron chi connectivity index (χ0n) is 11.8. The van der Waals surface area contributed by atoms with Crippen molar-refractivity contribution in [2.24, 2.45) is 5.73 Å². The summed E-state index contributed by atoms with van der Waals surface area (Å²) in [5.41, 5.74) is 8.75. The highest BCUT2D eigenvalue weighted by Crippen LogP contribution is 2.19. The van der Waals surface area contributed by atoms with E-state index in [0.717, 1.165) is 28.0 Å². The maximum absolute atomic E-state index is 6.19. The van der Waals surface area contributed by atoms with Gasteiger partial charge in [0, 0.05) is 11.6 Å². The fraction of sp³-hybridized carbons (Fsp3) is 0.125. The van der Waals surface area contributed by atoms with E-state index in [9.17, 15) is 0 Å². The first-order valence-corrected chi connectivity index (χ1v) is 7.69. The molecule has 0 saturated heterocycles. The molecule has 2 aromatic carbocycles. The Hall–Kier alpha value is -2.11. The number of hydrogen-bond acceptors (Lipinski definition) is 2. The van der Waals surface area contributed by atoms with Crippen molar-refractivity contribution in [3.8, 4) is 0 Å². The summed E-state index contributed by atoms with van der Waals surface area (Å²) in [7, 11) is 0. The minimum absolute atomic E-state index is 0.283. The summed E-state index contributed by atoms with van der Waals surface area (Å²) in [6.45, 7) is 0.610. The number of imidazole rings is 1. The number of nitrogens with zero attached hydrogens (tertiary/aromatic N) is 2. The van der Waals surface area contributed by atoms with E-state index in [-0.39, 0.29) is 5.11 Å². The topological polar surface area (TPSA) is 57.9 Å². The maximum Gasteiger partial charge on any atom is 0.210 e. The number of benzene rings is 2. The monoisotopic (exact) mass is 330 g/mol. The Kier molecular flexibility index (Phi) is 4.27. The second-order valence-corrected chi connectivity index (χ2v) is 5.73. The molecule has 6 heteroatoms. The number of nitrogens with one attached hydrogen (secondary N) is 1. The lowest BCUT2D eigenvalue weighted by atomic mass is 10.1.